The zero-order valence-corrected chi connectivity index (χ0v) is 12.0. The molecule has 1 aromatic rings. The van der Waals surface area contributed by atoms with Crippen LogP contribution < -0.4 is 0 Å². The summed E-state index contributed by atoms with van der Waals surface area (Å²) in [5.74, 6) is 0. The fourth-order valence-electron chi connectivity index (χ4n) is 1.25. The van der Waals surface area contributed by atoms with Crippen molar-refractivity contribution in [3.05, 3.63) is 41.8 Å². The van der Waals surface area contributed by atoms with Gasteiger partial charge in [0.05, 0.1) is 13.2 Å². The first-order chi connectivity index (χ1) is 6.68. The van der Waals surface area contributed by atoms with Gasteiger partial charge in [0.2, 0.25) is 0 Å². The van der Waals surface area contributed by atoms with Crippen LogP contribution in [0.15, 0.2) is 18.2 Å². The van der Waals surface area contributed by atoms with Crippen LogP contribution in [0.1, 0.15) is 12.0 Å². The largest absolute Gasteiger partial charge is 0.396 e. The molecule has 2 nitrogen and oxygen atoms in total. The molecule has 0 aliphatic rings. The van der Waals surface area contributed by atoms with E-state index in [2.05, 4.69) is 13.0 Å². The molecule has 0 bridgehead atoms. The van der Waals surface area contributed by atoms with Gasteiger partial charge in [-0.05, 0) is 5.41 Å². The van der Waals surface area contributed by atoms with E-state index in [4.69, 9.17) is 11.6 Å². The fourth-order valence-corrected chi connectivity index (χ4v) is 1.37. The van der Waals surface area contributed by atoms with Crippen molar-refractivity contribution in [1.82, 2.24) is 0 Å². The van der Waals surface area contributed by atoms with Gasteiger partial charge >= 0.3 is 0 Å². The second kappa shape index (κ2) is 6.98. The van der Waals surface area contributed by atoms with Crippen LogP contribution in [0.5, 0.6) is 0 Å². The molecule has 0 unspecified atom stereocenters. The average Bonchev–Trinajstić information content (AvgIpc) is 2.24. The standard InChI is InChI=1S/C11H13ClO2.Y/c1-2-11(7-13,8-14)9-3-5-10(12)6-4-9;/h3,5-6,13-14H,1-2,7-8H2;/q-2;. The van der Waals surface area contributed by atoms with Gasteiger partial charge in [0, 0.05) is 32.7 Å². The Kier molecular flexibility index (Phi) is 7.23. The van der Waals surface area contributed by atoms with E-state index >= 15 is 0 Å². The van der Waals surface area contributed by atoms with Gasteiger partial charge in [-0.2, -0.15) is 47.9 Å². The van der Waals surface area contributed by atoms with Gasteiger partial charge in [-0.3, -0.25) is 0 Å². The Balaban J connectivity index is 0.00000196. The van der Waals surface area contributed by atoms with Gasteiger partial charge in [0.15, 0.2) is 0 Å². The molecule has 1 aromatic carbocycles. The molecule has 0 aliphatic carbocycles. The van der Waals surface area contributed by atoms with Crippen molar-refractivity contribution >= 4 is 11.6 Å². The topological polar surface area (TPSA) is 40.5 Å². The summed E-state index contributed by atoms with van der Waals surface area (Å²) in [6.45, 7) is 3.43. The first kappa shape index (κ1) is 15.5. The Labute approximate surface area is 121 Å². The summed E-state index contributed by atoms with van der Waals surface area (Å²) in [4.78, 5) is 0. The van der Waals surface area contributed by atoms with Gasteiger partial charge in [-0.1, -0.05) is 5.02 Å². The second-order valence-corrected chi connectivity index (χ2v) is 3.70. The van der Waals surface area contributed by atoms with Crippen molar-refractivity contribution in [2.45, 2.75) is 11.8 Å². The van der Waals surface area contributed by atoms with Gasteiger partial charge in [0.1, 0.15) is 0 Å². The molecule has 0 spiro atoms. The summed E-state index contributed by atoms with van der Waals surface area (Å²) in [5.41, 5.74) is 0.0341. The molecule has 4 heteroatoms. The molecular formula is C11H13ClO2Y-2. The summed E-state index contributed by atoms with van der Waals surface area (Å²) in [6, 6.07) is 8.02. The Morgan fingerprint density at radius 3 is 2.27 bits per heavy atom. The third kappa shape index (κ3) is 3.50. The van der Waals surface area contributed by atoms with Crippen LogP contribution in [-0.2, 0) is 38.1 Å². The van der Waals surface area contributed by atoms with Crippen LogP contribution >= 0.6 is 11.6 Å². The van der Waals surface area contributed by atoms with E-state index in [9.17, 15) is 10.2 Å². The molecule has 0 aromatic heterocycles. The maximum atomic E-state index is 9.25. The molecular weight excluding hydrogens is 288 g/mol. The minimum Gasteiger partial charge on any atom is -0.396 e. The smallest absolute Gasteiger partial charge is 0.0505 e. The molecule has 0 fully saturated rings. The van der Waals surface area contributed by atoms with Crippen molar-refractivity contribution in [1.29, 1.82) is 0 Å². The minimum atomic E-state index is -0.704. The van der Waals surface area contributed by atoms with Crippen LogP contribution in [0.25, 0.3) is 0 Å². The molecule has 0 heterocycles. The molecule has 0 saturated carbocycles. The number of aliphatic hydroxyl groups excluding tert-OH is 2. The first-order valence-electron chi connectivity index (χ1n) is 4.37. The number of benzene rings is 1. The van der Waals surface area contributed by atoms with E-state index in [1.54, 1.807) is 18.2 Å². The van der Waals surface area contributed by atoms with Gasteiger partial charge in [-0.25, -0.2) is 0 Å². The third-order valence-electron chi connectivity index (χ3n) is 2.43. The summed E-state index contributed by atoms with van der Waals surface area (Å²) in [6.07, 6.45) is 0.415. The zero-order valence-electron chi connectivity index (χ0n) is 8.41. The molecule has 1 radical (unpaired) electrons. The van der Waals surface area contributed by atoms with E-state index < -0.39 is 5.41 Å². The fraction of sp³-hybridized carbons (Fsp3) is 0.364. The summed E-state index contributed by atoms with van der Waals surface area (Å²) >= 11 is 5.72. The maximum Gasteiger partial charge on any atom is 0.0505 e. The Bertz CT molecular complexity index is 275. The predicted molar refractivity (Wildman–Crippen MR) is 56.1 cm³/mol. The molecule has 0 atom stereocenters. The monoisotopic (exact) mass is 301 g/mol. The van der Waals surface area contributed by atoms with Crippen molar-refractivity contribution in [3.8, 4) is 0 Å². The summed E-state index contributed by atoms with van der Waals surface area (Å²) in [7, 11) is 0. The third-order valence-corrected chi connectivity index (χ3v) is 2.67. The molecule has 1 rings (SSSR count). The predicted octanol–water partition coefficient (Wildman–Crippen LogP) is 1.58. The second-order valence-electron chi connectivity index (χ2n) is 3.27. The maximum absolute atomic E-state index is 9.25. The minimum absolute atomic E-state index is 0. The zero-order chi connectivity index (χ0) is 10.6. The molecule has 0 amide bonds. The number of rotatable bonds is 4. The van der Waals surface area contributed by atoms with Crippen LogP contribution in [0.2, 0.25) is 5.02 Å². The number of hydrogen-bond donors (Lipinski definition) is 2. The van der Waals surface area contributed by atoms with Crippen molar-refractivity contribution in [3.63, 3.8) is 0 Å². The molecule has 15 heavy (non-hydrogen) atoms. The van der Waals surface area contributed by atoms with Crippen molar-refractivity contribution in [2.75, 3.05) is 13.2 Å². The van der Waals surface area contributed by atoms with Crippen LogP contribution in [0.3, 0.4) is 0 Å². The average molecular weight is 302 g/mol. The Morgan fingerprint density at radius 1 is 1.33 bits per heavy atom. The quantitative estimate of drug-likeness (QED) is 0.829. The summed E-state index contributed by atoms with van der Waals surface area (Å²) < 4.78 is 0. The van der Waals surface area contributed by atoms with Crippen molar-refractivity contribution < 1.29 is 42.9 Å². The van der Waals surface area contributed by atoms with E-state index in [1.165, 1.54) is 0 Å². The Morgan fingerprint density at radius 2 is 1.93 bits per heavy atom. The van der Waals surface area contributed by atoms with Gasteiger partial charge in [0.25, 0.3) is 0 Å². The van der Waals surface area contributed by atoms with E-state index in [-0.39, 0.29) is 45.9 Å². The number of hydrogen-bond acceptors (Lipinski definition) is 2. The van der Waals surface area contributed by atoms with E-state index in [1.807, 2.05) is 0 Å². The van der Waals surface area contributed by atoms with Crippen LogP contribution in [-0.4, -0.2) is 23.4 Å². The van der Waals surface area contributed by atoms with E-state index in [0.717, 1.165) is 5.56 Å². The number of halogens is 1. The van der Waals surface area contributed by atoms with Crippen molar-refractivity contribution in [2.24, 2.45) is 0 Å². The molecule has 0 aliphatic heterocycles. The Hall–Kier alpha value is 0.534. The molecule has 2 N–H and O–H groups in total. The van der Waals surface area contributed by atoms with Crippen LogP contribution in [0, 0.1) is 13.0 Å². The summed E-state index contributed by atoms with van der Waals surface area (Å²) in [5, 5.41) is 19.1. The van der Waals surface area contributed by atoms with Crippen LogP contribution in [0.4, 0.5) is 0 Å². The SMILES string of the molecule is [CH2-]CC(CO)(CO)c1[c-]cc(Cl)cc1.[Y]. The molecule has 0 saturated heterocycles. The van der Waals surface area contributed by atoms with E-state index in [0.29, 0.717) is 11.4 Å². The molecule has 81 valence electrons. The van der Waals surface area contributed by atoms with Gasteiger partial charge in [-0.15, -0.1) is 0 Å². The van der Waals surface area contributed by atoms with Gasteiger partial charge < -0.3 is 17.1 Å². The first-order valence-corrected chi connectivity index (χ1v) is 4.75. The normalized spacial score (nSPS) is 10.9. The number of aliphatic hydroxyl groups is 2.